The van der Waals surface area contributed by atoms with Gasteiger partial charge in [-0.15, -0.1) is 0 Å². The topological polar surface area (TPSA) is 139 Å². The van der Waals surface area contributed by atoms with Crippen molar-refractivity contribution < 1.29 is 74.1 Å². The minimum atomic E-state index is -5.26. The van der Waals surface area contributed by atoms with E-state index in [-0.39, 0.29) is 33.4 Å². The van der Waals surface area contributed by atoms with Crippen molar-refractivity contribution in [3.63, 3.8) is 0 Å². The van der Waals surface area contributed by atoms with Crippen molar-refractivity contribution in [1.82, 2.24) is 0 Å². The van der Waals surface area contributed by atoms with Crippen LogP contribution in [0.25, 0.3) is 11.1 Å². The summed E-state index contributed by atoms with van der Waals surface area (Å²) in [5.41, 5.74) is -6.68. The Hall–Kier alpha value is -6.32. The smallest absolute Gasteiger partial charge is 0.417 e. The number of carbonyl (C=O) groups is 6. The Labute approximate surface area is 262 Å². The Balaban J connectivity index is 1.31. The van der Waals surface area contributed by atoms with Gasteiger partial charge in [-0.3, -0.25) is 0 Å². The summed E-state index contributed by atoms with van der Waals surface area (Å²) in [4.78, 5) is 72.1. The number of rotatable bonds is 5. The summed E-state index contributed by atoms with van der Waals surface area (Å²) in [5, 5.41) is 0. The molecule has 4 aromatic carbocycles. The van der Waals surface area contributed by atoms with E-state index in [0.717, 1.165) is 48.5 Å². The van der Waals surface area contributed by atoms with Gasteiger partial charge in [-0.25, -0.2) is 28.8 Å². The number of esters is 6. The van der Waals surface area contributed by atoms with E-state index in [1.807, 2.05) is 0 Å². The molecule has 0 bridgehead atoms. The van der Waals surface area contributed by atoms with Gasteiger partial charge in [0.2, 0.25) is 0 Å². The second-order valence-electron chi connectivity index (χ2n) is 10.1. The molecule has 2 heterocycles. The molecule has 2 aliphatic heterocycles. The molecule has 0 atom stereocenters. The van der Waals surface area contributed by atoms with E-state index in [0.29, 0.717) is 24.3 Å². The van der Waals surface area contributed by atoms with E-state index >= 15 is 0 Å². The second kappa shape index (κ2) is 11.2. The molecule has 0 amide bonds. The van der Waals surface area contributed by atoms with Gasteiger partial charge in [0.05, 0.1) is 44.5 Å². The molecule has 0 aliphatic carbocycles. The first-order valence-corrected chi connectivity index (χ1v) is 13.2. The van der Waals surface area contributed by atoms with E-state index in [2.05, 4.69) is 9.47 Å². The van der Waals surface area contributed by atoms with Gasteiger partial charge in [-0.1, -0.05) is 12.1 Å². The Morgan fingerprint density at radius 1 is 0.458 bits per heavy atom. The number of hydrogen-bond acceptors (Lipinski definition) is 10. The maximum absolute atomic E-state index is 14.2. The summed E-state index contributed by atoms with van der Waals surface area (Å²) in [7, 11) is 0. The number of ether oxygens (including phenoxy) is 4. The Morgan fingerprint density at radius 2 is 0.792 bits per heavy atom. The van der Waals surface area contributed by atoms with E-state index in [9.17, 15) is 55.1 Å². The van der Waals surface area contributed by atoms with Crippen LogP contribution < -0.4 is 9.47 Å². The molecule has 16 heteroatoms. The van der Waals surface area contributed by atoms with Gasteiger partial charge in [-0.2, -0.15) is 26.3 Å². The van der Waals surface area contributed by atoms with Crippen LogP contribution in [-0.4, -0.2) is 35.8 Å². The number of hydrogen-bond donors (Lipinski definition) is 0. The van der Waals surface area contributed by atoms with Crippen molar-refractivity contribution in [3.8, 4) is 22.6 Å². The number of halogens is 6. The third-order valence-electron chi connectivity index (χ3n) is 7.07. The molecule has 0 N–H and O–H groups in total. The number of carbonyl (C=O) groups excluding carboxylic acids is 6. The van der Waals surface area contributed by atoms with Gasteiger partial charge in [0, 0.05) is 0 Å². The lowest BCUT2D eigenvalue weighted by Gasteiger charge is -2.19. The Kier molecular flexibility index (Phi) is 7.37. The molecule has 48 heavy (non-hydrogen) atoms. The largest absolute Gasteiger partial charge is 0.423 e. The molecule has 2 aliphatic rings. The second-order valence-corrected chi connectivity index (χ2v) is 10.1. The summed E-state index contributed by atoms with van der Waals surface area (Å²) >= 11 is 0. The van der Waals surface area contributed by atoms with Crippen molar-refractivity contribution in [3.05, 3.63) is 117 Å². The van der Waals surface area contributed by atoms with E-state index < -0.39 is 81.9 Å². The number of fused-ring (bicyclic) bond motifs is 2. The highest BCUT2D eigenvalue weighted by atomic mass is 19.4. The molecule has 0 saturated carbocycles. The van der Waals surface area contributed by atoms with Gasteiger partial charge in [0.25, 0.3) is 0 Å². The van der Waals surface area contributed by atoms with Crippen molar-refractivity contribution in [2.75, 3.05) is 0 Å². The summed E-state index contributed by atoms with van der Waals surface area (Å²) in [6.45, 7) is 0. The summed E-state index contributed by atoms with van der Waals surface area (Å²) in [5.74, 6) is -7.96. The summed E-state index contributed by atoms with van der Waals surface area (Å²) in [6, 6.07) is 9.66. The molecule has 0 fully saturated rings. The predicted octanol–water partition coefficient (Wildman–Crippen LogP) is 6.45. The molecule has 10 nitrogen and oxygen atoms in total. The lowest BCUT2D eigenvalue weighted by molar-refractivity contribution is -0.139. The average molecular weight is 670 g/mol. The minimum Gasteiger partial charge on any atom is -0.423 e. The van der Waals surface area contributed by atoms with E-state index in [1.165, 1.54) is 0 Å². The Morgan fingerprint density at radius 3 is 1.15 bits per heavy atom. The van der Waals surface area contributed by atoms with E-state index in [1.54, 1.807) is 0 Å². The highest BCUT2D eigenvalue weighted by Crippen LogP contribution is 2.45. The zero-order valence-corrected chi connectivity index (χ0v) is 23.3. The van der Waals surface area contributed by atoms with Crippen LogP contribution in [0.1, 0.15) is 73.3 Å². The summed E-state index contributed by atoms with van der Waals surface area (Å²) in [6.07, 6.45) is -10.5. The van der Waals surface area contributed by atoms with Crippen molar-refractivity contribution in [2.45, 2.75) is 12.4 Å². The Bertz CT molecular complexity index is 1980. The first kappa shape index (κ1) is 31.7. The van der Waals surface area contributed by atoms with Gasteiger partial charge < -0.3 is 18.9 Å². The third-order valence-corrected chi connectivity index (χ3v) is 7.07. The SMILES string of the molecule is O=C(Oc1ccc(-c2ccc(OC(=O)c3ccc4c(c3)C(=O)OC4=O)cc2C(F)(F)F)c(C(F)(F)F)c1)c1ccc2c(c1)C(=O)OC2=O. The van der Waals surface area contributed by atoms with Crippen LogP contribution in [0.5, 0.6) is 11.5 Å². The quantitative estimate of drug-likeness (QED) is 0.101. The molecule has 242 valence electrons. The molecule has 0 aromatic heterocycles. The monoisotopic (exact) mass is 670 g/mol. The molecule has 6 rings (SSSR count). The molecule has 0 unspecified atom stereocenters. The van der Waals surface area contributed by atoms with Gasteiger partial charge in [-0.05, 0) is 71.8 Å². The number of cyclic esters (lactones) is 4. The van der Waals surface area contributed by atoms with Crippen LogP contribution >= 0.6 is 0 Å². The summed E-state index contributed by atoms with van der Waals surface area (Å²) < 4.78 is 104. The molecule has 4 aromatic rings. The van der Waals surface area contributed by atoms with Crippen LogP contribution in [-0.2, 0) is 21.8 Å². The van der Waals surface area contributed by atoms with Crippen LogP contribution in [0.4, 0.5) is 26.3 Å². The highest BCUT2D eigenvalue weighted by Gasteiger charge is 2.40. The van der Waals surface area contributed by atoms with Crippen LogP contribution in [0.3, 0.4) is 0 Å². The average Bonchev–Trinajstić information content (AvgIpc) is 3.48. The number of alkyl halides is 6. The van der Waals surface area contributed by atoms with Crippen LogP contribution in [0.2, 0.25) is 0 Å². The zero-order chi connectivity index (χ0) is 34.7. The molecule has 0 spiro atoms. The van der Waals surface area contributed by atoms with Gasteiger partial charge in [0.1, 0.15) is 11.5 Å². The van der Waals surface area contributed by atoms with Crippen LogP contribution in [0, 0.1) is 0 Å². The third kappa shape index (κ3) is 5.74. The standard InChI is InChI=1S/C32H12F6O10/c33-31(34,35)23-11-15(45-25(39)13-1-5-19-21(9-13)29(43)47-27(19)41)3-7-17(23)18-8-4-16(12-24(18)32(36,37)38)46-26(40)14-2-6-20-22(10-14)30(44)48-28(20)42/h1-12H. The fraction of sp³-hybridized carbons (Fsp3) is 0.0625. The van der Waals surface area contributed by atoms with Crippen molar-refractivity contribution in [1.29, 1.82) is 0 Å². The number of benzene rings is 4. The minimum absolute atomic E-state index is 0.144. The van der Waals surface area contributed by atoms with Gasteiger partial charge in [0.15, 0.2) is 0 Å². The van der Waals surface area contributed by atoms with Crippen molar-refractivity contribution >= 4 is 35.8 Å². The van der Waals surface area contributed by atoms with Crippen LogP contribution in [0.15, 0.2) is 72.8 Å². The maximum atomic E-state index is 14.2. The first-order chi connectivity index (χ1) is 22.5. The van der Waals surface area contributed by atoms with E-state index in [4.69, 9.17) is 9.47 Å². The molecular formula is C32H12F6O10. The normalized spacial score (nSPS) is 13.9. The van der Waals surface area contributed by atoms with Crippen molar-refractivity contribution in [2.24, 2.45) is 0 Å². The molecular weight excluding hydrogens is 658 g/mol. The molecule has 0 saturated heterocycles. The maximum Gasteiger partial charge on any atom is 0.417 e. The lowest BCUT2D eigenvalue weighted by Crippen LogP contribution is -2.14. The fourth-order valence-corrected chi connectivity index (χ4v) is 4.87. The lowest BCUT2D eigenvalue weighted by atomic mass is 9.94. The van der Waals surface area contributed by atoms with Gasteiger partial charge >= 0.3 is 48.2 Å². The molecule has 0 radical (unpaired) electrons. The zero-order valence-electron chi connectivity index (χ0n) is 23.3. The fourth-order valence-electron chi connectivity index (χ4n) is 4.87. The predicted molar refractivity (Wildman–Crippen MR) is 144 cm³/mol. The highest BCUT2D eigenvalue weighted by molar-refractivity contribution is 6.16. The first-order valence-electron chi connectivity index (χ1n) is 13.2.